The molecule has 5 nitrogen and oxygen atoms in total. The Hall–Kier alpha value is -3.05. The number of nitrogens with zero attached hydrogens (tertiary/aromatic N) is 1. The first kappa shape index (κ1) is 17.8. The fourth-order valence-electron chi connectivity index (χ4n) is 2.22. The molecule has 1 amide bonds. The van der Waals surface area contributed by atoms with Gasteiger partial charge in [-0.2, -0.15) is 0 Å². The summed E-state index contributed by atoms with van der Waals surface area (Å²) < 4.78 is 5.40. The maximum atomic E-state index is 11.9. The summed E-state index contributed by atoms with van der Waals surface area (Å²) in [6.45, 7) is 1.88. The van der Waals surface area contributed by atoms with Gasteiger partial charge in [-0.05, 0) is 48.9 Å². The molecule has 0 aliphatic rings. The summed E-state index contributed by atoms with van der Waals surface area (Å²) in [6, 6.07) is 18.5. The topological polar surface area (TPSA) is 63.2 Å². The number of halogens is 1. The third-order valence-electron chi connectivity index (χ3n) is 3.60. The molecule has 1 aromatic heterocycles. The van der Waals surface area contributed by atoms with Crippen LogP contribution in [0.2, 0.25) is 5.02 Å². The number of carbonyl (C=O) groups excluding carboxylic acids is 1. The average molecular weight is 368 g/mol. The first-order chi connectivity index (χ1) is 12.6. The molecule has 0 saturated heterocycles. The van der Waals surface area contributed by atoms with Gasteiger partial charge in [0.15, 0.2) is 6.61 Å². The van der Waals surface area contributed by atoms with E-state index in [0.717, 1.165) is 16.9 Å². The standard InChI is InChI=1S/C20H18ClN3O2/c1-14-7-8-15(11-18(14)21)23-16-9-10-19(22-12-16)24-20(25)13-26-17-5-3-2-4-6-17/h2-12,23H,13H2,1H3,(H,22,24,25). The Morgan fingerprint density at radius 2 is 1.85 bits per heavy atom. The summed E-state index contributed by atoms with van der Waals surface area (Å²) in [4.78, 5) is 16.2. The summed E-state index contributed by atoms with van der Waals surface area (Å²) in [5, 5.41) is 6.61. The van der Waals surface area contributed by atoms with E-state index in [1.54, 1.807) is 24.4 Å². The number of anilines is 3. The minimum atomic E-state index is -0.271. The maximum absolute atomic E-state index is 11.9. The van der Waals surface area contributed by atoms with Crippen LogP contribution in [0.3, 0.4) is 0 Å². The molecule has 0 fully saturated rings. The fraction of sp³-hybridized carbons (Fsp3) is 0.100. The lowest BCUT2D eigenvalue weighted by molar-refractivity contribution is -0.118. The molecular formula is C20H18ClN3O2. The monoisotopic (exact) mass is 367 g/mol. The van der Waals surface area contributed by atoms with Gasteiger partial charge in [-0.3, -0.25) is 4.79 Å². The number of nitrogens with one attached hydrogen (secondary N) is 2. The van der Waals surface area contributed by atoms with Gasteiger partial charge in [0.25, 0.3) is 5.91 Å². The minimum Gasteiger partial charge on any atom is -0.484 e. The van der Waals surface area contributed by atoms with Crippen LogP contribution in [0.5, 0.6) is 5.75 Å². The van der Waals surface area contributed by atoms with E-state index in [-0.39, 0.29) is 12.5 Å². The molecule has 3 rings (SSSR count). The number of hydrogen-bond donors (Lipinski definition) is 2. The molecule has 0 saturated carbocycles. The second-order valence-corrected chi connectivity index (χ2v) is 6.08. The largest absolute Gasteiger partial charge is 0.484 e. The average Bonchev–Trinajstić information content (AvgIpc) is 2.65. The predicted octanol–water partition coefficient (Wildman–Crippen LogP) is 4.80. The quantitative estimate of drug-likeness (QED) is 0.656. The normalized spacial score (nSPS) is 10.2. The molecule has 132 valence electrons. The molecule has 0 radical (unpaired) electrons. The van der Waals surface area contributed by atoms with E-state index in [0.29, 0.717) is 16.6 Å². The number of hydrogen-bond acceptors (Lipinski definition) is 4. The van der Waals surface area contributed by atoms with Crippen molar-refractivity contribution in [2.75, 3.05) is 17.2 Å². The number of benzene rings is 2. The van der Waals surface area contributed by atoms with Crippen LogP contribution in [0, 0.1) is 6.92 Å². The summed E-state index contributed by atoms with van der Waals surface area (Å²) in [6.07, 6.45) is 1.64. The van der Waals surface area contributed by atoms with E-state index in [9.17, 15) is 4.79 Å². The molecule has 6 heteroatoms. The Labute approximate surface area is 157 Å². The van der Waals surface area contributed by atoms with Crippen LogP contribution >= 0.6 is 11.6 Å². The van der Waals surface area contributed by atoms with Crippen molar-refractivity contribution in [2.45, 2.75) is 6.92 Å². The number of carbonyl (C=O) groups is 1. The van der Waals surface area contributed by atoms with Gasteiger partial charge in [-0.25, -0.2) is 4.98 Å². The highest BCUT2D eigenvalue weighted by Gasteiger charge is 2.05. The Bertz CT molecular complexity index is 883. The van der Waals surface area contributed by atoms with Crippen LogP contribution in [0.25, 0.3) is 0 Å². The second kappa shape index (κ2) is 8.36. The molecular weight excluding hydrogens is 350 g/mol. The number of ether oxygens (including phenoxy) is 1. The van der Waals surface area contributed by atoms with Gasteiger partial charge in [-0.15, -0.1) is 0 Å². The van der Waals surface area contributed by atoms with Crippen LogP contribution in [0.4, 0.5) is 17.2 Å². The summed E-state index contributed by atoms with van der Waals surface area (Å²) in [7, 11) is 0. The molecule has 3 aromatic rings. The Morgan fingerprint density at radius 3 is 2.54 bits per heavy atom. The molecule has 0 aliphatic carbocycles. The zero-order valence-electron chi connectivity index (χ0n) is 14.2. The molecule has 0 aliphatic heterocycles. The van der Waals surface area contributed by atoms with Gasteiger partial charge < -0.3 is 15.4 Å². The molecule has 0 unspecified atom stereocenters. The lowest BCUT2D eigenvalue weighted by Gasteiger charge is -2.09. The fourth-order valence-corrected chi connectivity index (χ4v) is 2.40. The van der Waals surface area contributed by atoms with E-state index in [1.807, 2.05) is 49.4 Å². The molecule has 26 heavy (non-hydrogen) atoms. The van der Waals surface area contributed by atoms with Crippen LogP contribution in [-0.4, -0.2) is 17.5 Å². The Balaban J connectivity index is 1.53. The number of aromatic nitrogens is 1. The smallest absolute Gasteiger partial charge is 0.263 e. The van der Waals surface area contributed by atoms with Crippen LogP contribution in [0.1, 0.15) is 5.56 Å². The van der Waals surface area contributed by atoms with Crippen molar-refractivity contribution in [3.8, 4) is 5.75 Å². The van der Waals surface area contributed by atoms with Crippen LogP contribution in [0.15, 0.2) is 66.9 Å². The summed E-state index contributed by atoms with van der Waals surface area (Å²) in [5.74, 6) is 0.832. The lowest BCUT2D eigenvalue weighted by Crippen LogP contribution is -2.20. The van der Waals surface area contributed by atoms with Gasteiger partial charge in [0.2, 0.25) is 0 Å². The third kappa shape index (κ3) is 4.97. The van der Waals surface area contributed by atoms with Crippen molar-refractivity contribution in [3.05, 3.63) is 77.4 Å². The van der Waals surface area contributed by atoms with Gasteiger partial charge in [0.05, 0.1) is 11.9 Å². The number of rotatable bonds is 6. The molecule has 0 atom stereocenters. The maximum Gasteiger partial charge on any atom is 0.263 e. The van der Waals surface area contributed by atoms with Gasteiger partial charge in [-0.1, -0.05) is 35.9 Å². The van der Waals surface area contributed by atoms with Gasteiger partial charge in [0, 0.05) is 10.7 Å². The molecule has 0 spiro atoms. The zero-order chi connectivity index (χ0) is 18.4. The van der Waals surface area contributed by atoms with Crippen molar-refractivity contribution >= 4 is 34.7 Å². The molecule has 1 heterocycles. The highest BCUT2D eigenvalue weighted by molar-refractivity contribution is 6.31. The Kier molecular flexibility index (Phi) is 5.71. The third-order valence-corrected chi connectivity index (χ3v) is 4.01. The van der Waals surface area contributed by atoms with Crippen molar-refractivity contribution in [1.82, 2.24) is 4.98 Å². The number of para-hydroxylation sites is 1. The lowest BCUT2D eigenvalue weighted by atomic mass is 10.2. The van der Waals surface area contributed by atoms with Gasteiger partial charge in [0.1, 0.15) is 11.6 Å². The number of pyridine rings is 1. The number of amides is 1. The Morgan fingerprint density at radius 1 is 1.08 bits per heavy atom. The minimum absolute atomic E-state index is 0.0758. The predicted molar refractivity (Wildman–Crippen MR) is 104 cm³/mol. The van der Waals surface area contributed by atoms with E-state index >= 15 is 0 Å². The van der Waals surface area contributed by atoms with E-state index in [1.165, 1.54) is 0 Å². The van der Waals surface area contributed by atoms with E-state index in [4.69, 9.17) is 16.3 Å². The van der Waals surface area contributed by atoms with E-state index < -0.39 is 0 Å². The highest BCUT2D eigenvalue weighted by Crippen LogP contribution is 2.23. The SMILES string of the molecule is Cc1ccc(Nc2ccc(NC(=O)COc3ccccc3)nc2)cc1Cl. The van der Waals surface area contributed by atoms with Crippen molar-refractivity contribution in [1.29, 1.82) is 0 Å². The van der Waals surface area contributed by atoms with Crippen LogP contribution in [-0.2, 0) is 4.79 Å². The highest BCUT2D eigenvalue weighted by atomic mass is 35.5. The number of aryl methyl sites for hydroxylation is 1. The van der Waals surface area contributed by atoms with E-state index in [2.05, 4.69) is 15.6 Å². The van der Waals surface area contributed by atoms with Crippen LogP contribution < -0.4 is 15.4 Å². The molecule has 0 bridgehead atoms. The summed E-state index contributed by atoms with van der Waals surface area (Å²) >= 11 is 6.12. The molecule has 2 N–H and O–H groups in total. The first-order valence-electron chi connectivity index (χ1n) is 8.07. The van der Waals surface area contributed by atoms with Crippen molar-refractivity contribution in [3.63, 3.8) is 0 Å². The van der Waals surface area contributed by atoms with Gasteiger partial charge >= 0.3 is 0 Å². The first-order valence-corrected chi connectivity index (χ1v) is 8.45. The summed E-state index contributed by atoms with van der Waals surface area (Å²) in [5.41, 5.74) is 2.69. The molecule has 2 aromatic carbocycles. The van der Waals surface area contributed by atoms with Crippen molar-refractivity contribution < 1.29 is 9.53 Å². The second-order valence-electron chi connectivity index (χ2n) is 5.67. The van der Waals surface area contributed by atoms with Crippen molar-refractivity contribution in [2.24, 2.45) is 0 Å². The zero-order valence-corrected chi connectivity index (χ0v) is 15.0.